The third-order valence-electron chi connectivity index (χ3n) is 8.64. The smallest absolute Gasteiger partial charge is 0.407 e. The van der Waals surface area contributed by atoms with E-state index in [1.54, 1.807) is 11.4 Å². The number of hydrogen-bond acceptors (Lipinski definition) is 9. The lowest BCUT2D eigenvalue weighted by atomic mass is 10.0. The summed E-state index contributed by atoms with van der Waals surface area (Å²) in [5.41, 5.74) is 4.98. The van der Waals surface area contributed by atoms with Crippen molar-refractivity contribution in [3.05, 3.63) is 143 Å². The van der Waals surface area contributed by atoms with E-state index in [1.165, 1.54) is 18.5 Å². The quantitative estimate of drug-likeness (QED) is 0.0789. The molecular formula is C43H46FN7O4. The molecule has 12 heteroatoms. The summed E-state index contributed by atoms with van der Waals surface area (Å²) in [6.07, 6.45) is 3.23. The molecule has 3 aromatic carbocycles. The zero-order valence-electron chi connectivity index (χ0n) is 31.6. The van der Waals surface area contributed by atoms with Crippen molar-refractivity contribution in [2.75, 3.05) is 23.4 Å². The molecule has 6 aromatic rings. The summed E-state index contributed by atoms with van der Waals surface area (Å²) in [5, 5.41) is 11.0. The summed E-state index contributed by atoms with van der Waals surface area (Å²) in [7, 11) is 0. The van der Waals surface area contributed by atoms with Crippen LogP contribution in [0, 0.1) is 5.82 Å². The molecule has 0 spiro atoms. The predicted molar refractivity (Wildman–Crippen MR) is 211 cm³/mol. The average molecular weight is 744 g/mol. The minimum absolute atomic E-state index is 0.169. The van der Waals surface area contributed by atoms with Gasteiger partial charge in [-0.15, -0.1) is 0 Å². The van der Waals surface area contributed by atoms with Crippen LogP contribution in [0.2, 0.25) is 0 Å². The van der Waals surface area contributed by atoms with Gasteiger partial charge in [0.05, 0.1) is 24.6 Å². The second-order valence-electron chi connectivity index (χ2n) is 14.0. The molecule has 11 nitrogen and oxygen atoms in total. The molecule has 0 aliphatic carbocycles. The highest BCUT2D eigenvalue weighted by atomic mass is 19.1. The molecule has 6 rings (SSSR count). The number of nitrogens with zero attached hydrogens (tertiary/aromatic N) is 5. The Bertz CT molecular complexity index is 2170. The molecule has 0 saturated carbocycles. The van der Waals surface area contributed by atoms with Gasteiger partial charge in [-0.3, -0.25) is 4.98 Å². The van der Waals surface area contributed by atoms with Crippen molar-refractivity contribution in [2.45, 2.75) is 65.8 Å². The monoisotopic (exact) mass is 743 g/mol. The number of benzene rings is 3. The molecule has 0 aliphatic heterocycles. The molecule has 0 unspecified atom stereocenters. The third-order valence-corrected chi connectivity index (χ3v) is 8.64. The third kappa shape index (κ3) is 10.0. The second kappa shape index (κ2) is 17.7. The fourth-order valence-electron chi connectivity index (χ4n) is 6.26. The number of fused-ring (bicyclic) bond motifs is 1. The van der Waals surface area contributed by atoms with Crippen LogP contribution in [0.3, 0.4) is 0 Å². The molecule has 55 heavy (non-hydrogen) atoms. The zero-order chi connectivity index (χ0) is 38.8. The van der Waals surface area contributed by atoms with E-state index in [9.17, 15) is 14.0 Å². The van der Waals surface area contributed by atoms with Crippen LogP contribution in [0.5, 0.6) is 0 Å². The SMILES string of the molecule is CCOC(=O)c1cnn2c(N(Cc3ccccc3)Cc3ccccc3)c(-c3ccccc3)c(NCc3cc(F)cnc3CCCNC(=O)OC(C)(C)C)nc12. The molecular weight excluding hydrogens is 698 g/mol. The van der Waals surface area contributed by atoms with Gasteiger partial charge in [0, 0.05) is 31.9 Å². The number of pyridine rings is 1. The zero-order valence-corrected chi connectivity index (χ0v) is 31.6. The molecule has 0 saturated heterocycles. The lowest BCUT2D eigenvalue weighted by Crippen LogP contribution is -2.33. The largest absolute Gasteiger partial charge is 0.462 e. The average Bonchev–Trinajstić information content (AvgIpc) is 3.60. The molecule has 0 bridgehead atoms. The van der Waals surface area contributed by atoms with Crippen molar-refractivity contribution in [3.8, 4) is 11.1 Å². The number of amides is 1. The first-order valence-electron chi connectivity index (χ1n) is 18.4. The van der Waals surface area contributed by atoms with Crippen molar-refractivity contribution < 1.29 is 23.5 Å². The van der Waals surface area contributed by atoms with E-state index >= 15 is 0 Å². The van der Waals surface area contributed by atoms with E-state index in [-0.39, 0.29) is 18.7 Å². The van der Waals surface area contributed by atoms with Gasteiger partial charge in [0.25, 0.3) is 0 Å². The van der Waals surface area contributed by atoms with Crippen molar-refractivity contribution >= 4 is 29.3 Å². The van der Waals surface area contributed by atoms with E-state index in [1.807, 2.05) is 87.5 Å². The van der Waals surface area contributed by atoms with Gasteiger partial charge < -0.3 is 25.0 Å². The maximum atomic E-state index is 14.8. The van der Waals surface area contributed by atoms with Crippen molar-refractivity contribution in [2.24, 2.45) is 0 Å². The first-order chi connectivity index (χ1) is 26.6. The molecule has 1 amide bonds. The number of halogens is 1. The number of carbonyl (C=O) groups is 2. The Labute approximate surface area is 320 Å². The van der Waals surface area contributed by atoms with Crippen LogP contribution >= 0.6 is 0 Å². The first-order valence-corrected chi connectivity index (χ1v) is 18.4. The summed E-state index contributed by atoms with van der Waals surface area (Å²) < 4.78 is 27.3. The molecule has 0 aliphatic rings. The number of esters is 1. The van der Waals surface area contributed by atoms with Crippen LogP contribution in [-0.4, -0.2) is 50.4 Å². The van der Waals surface area contributed by atoms with Crippen LogP contribution < -0.4 is 15.5 Å². The topological polar surface area (TPSA) is 123 Å². The summed E-state index contributed by atoms with van der Waals surface area (Å²) in [5.74, 6) is 0.154. The summed E-state index contributed by atoms with van der Waals surface area (Å²) in [4.78, 5) is 37.2. The number of nitrogens with one attached hydrogen (secondary N) is 2. The number of aryl methyl sites for hydroxylation is 1. The van der Waals surface area contributed by atoms with Crippen LogP contribution in [0.4, 0.5) is 20.8 Å². The first kappa shape index (κ1) is 38.4. The van der Waals surface area contributed by atoms with Gasteiger partial charge in [0.1, 0.15) is 28.6 Å². The van der Waals surface area contributed by atoms with Gasteiger partial charge in [-0.05, 0) is 68.9 Å². The Kier molecular flexibility index (Phi) is 12.4. The van der Waals surface area contributed by atoms with Crippen molar-refractivity contribution in [1.82, 2.24) is 24.9 Å². The van der Waals surface area contributed by atoms with E-state index in [0.717, 1.165) is 22.3 Å². The van der Waals surface area contributed by atoms with Gasteiger partial charge in [-0.25, -0.2) is 19.0 Å². The van der Waals surface area contributed by atoms with Gasteiger partial charge >= 0.3 is 12.1 Å². The highest BCUT2D eigenvalue weighted by Crippen LogP contribution is 2.39. The van der Waals surface area contributed by atoms with Gasteiger partial charge in [-0.1, -0.05) is 91.0 Å². The highest BCUT2D eigenvalue weighted by molar-refractivity contribution is 5.98. The summed E-state index contributed by atoms with van der Waals surface area (Å²) in [6, 6.07) is 31.6. The fourth-order valence-corrected chi connectivity index (χ4v) is 6.26. The second-order valence-corrected chi connectivity index (χ2v) is 14.0. The van der Waals surface area contributed by atoms with Gasteiger partial charge in [0.15, 0.2) is 5.65 Å². The predicted octanol–water partition coefficient (Wildman–Crippen LogP) is 8.38. The Balaban J connectivity index is 1.44. The number of ether oxygens (including phenoxy) is 2. The maximum Gasteiger partial charge on any atom is 0.407 e. The lowest BCUT2D eigenvalue weighted by molar-refractivity contribution is 0.0517. The Morgan fingerprint density at radius 1 is 0.891 bits per heavy atom. The molecule has 0 fully saturated rings. The highest BCUT2D eigenvalue weighted by Gasteiger charge is 2.27. The molecule has 284 valence electrons. The fraction of sp³-hybridized carbons (Fsp3) is 0.279. The number of alkyl carbamates (subject to hydrolysis) is 1. The molecule has 3 aromatic heterocycles. The number of aromatic nitrogens is 4. The van der Waals surface area contributed by atoms with Crippen LogP contribution in [0.1, 0.15) is 66.9 Å². The van der Waals surface area contributed by atoms with Crippen molar-refractivity contribution in [1.29, 1.82) is 0 Å². The van der Waals surface area contributed by atoms with E-state index in [2.05, 4.69) is 44.8 Å². The van der Waals surface area contributed by atoms with Crippen molar-refractivity contribution in [3.63, 3.8) is 0 Å². The Morgan fingerprint density at radius 3 is 2.15 bits per heavy atom. The number of carbonyl (C=O) groups excluding carboxylic acids is 2. The summed E-state index contributed by atoms with van der Waals surface area (Å²) in [6.45, 7) is 8.91. The number of hydrogen-bond donors (Lipinski definition) is 2. The van der Waals surface area contributed by atoms with Gasteiger partial charge in [0.2, 0.25) is 0 Å². The van der Waals surface area contributed by atoms with Crippen LogP contribution in [0.25, 0.3) is 16.8 Å². The maximum absolute atomic E-state index is 14.8. The van der Waals surface area contributed by atoms with E-state index < -0.39 is 23.5 Å². The normalized spacial score (nSPS) is 11.3. The van der Waals surface area contributed by atoms with Crippen LogP contribution in [0.15, 0.2) is 109 Å². The number of rotatable bonds is 15. The van der Waals surface area contributed by atoms with Crippen LogP contribution in [-0.2, 0) is 35.5 Å². The Morgan fingerprint density at radius 2 is 1.53 bits per heavy atom. The lowest BCUT2D eigenvalue weighted by Gasteiger charge is -2.29. The number of anilines is 2. The van der Waals surface area contributed by atoms with E-state index in [4.69, 9.17) is 19.6 Å². The summed E-state index contributed by atoms with van der Waals surface area (Å²) >= 11 is 0. The van der Waals surface area contributed by atoms with Gasteiger partial charge in [-0.2, -0.15) is 9.61 Å². The minimum atomic E-state index is -0.606. The molecule has 0 atom stereocenters. The Hall–Kier alpha value is -6.30. The standard InChI is InChI=1S/C43H46FN7O4/c1-5-54-41(52)35-27-48-51-39(35)49-38(47-25-33-24-34(44)26-46-36(33)22-15-23-45-42(53)55-43(2,3)4)37(32-20-13-8-14-21-32)40(51)50(28-30-16-9-6-10-17-30)29-31-18-11-7-12-19-31/h6-14,16-21,24,26-27H,5,15,22-23,25,28-29H2,1-4H3,(H,45,53)(H,47,49). The van der Waals surface area contributed by atoms with E-state index in [0.29, 0.717) is 61.0 Å². The molecule has 2 N–H and O–H groups in total. The molecule has 3 heterocycles. The minimum Gasteiger partial charge on any atom is -0.462 e. The molecule has 0 radical (unpaired) electrons.